The largest absolute Gasteiger partial charge is 0.452 e. The molecule has 150 valence electrons. The van der Waals surface area contributed by atoms with Crippen LogP contribution < -0.4 is 5.56 Å². The number of rotatable bonds is 6. The van der Waals surface area contributed by atoms with Crippen LogP contribution in [0.3, 0.4) is 0 Å². The second kappa shape index (κ2) is 7.65. The number of fused-ring (bicyclic) bond motifs is 1. The number of nitrogens with zero attached hydrogens (tertiary/aromatic N) is 1. The third kappa shape index (κ3) is 4.71. The quantitative estimate of drug-likeness (QED) is 0.762. The van der Waals surface area contributed by atoms with Gasteiger partial charge in [-0.1, -0.05) is 18.2 Å². The highest BCUT2D eigenvalue weighted by Gasteiger charge is 2.40. The second-order valence-corrected chi connectivity index (χ2v) is 6.88. The molecule has 0 unspecified atom stereocenters. The van der Waals surface area contributed by atoms with Gasteiger partial charge in [-0.3, -0.25) is 9.59 Å². The minimum absolute atomic E-state index is 0.0265. The van der Waals surface area contributed by atoms with E-state index in [4.69, 9.17) is 4.74 Å². The molecule has 3 rings (SSSR count). The number of halogens is 3. The lowest BCUT2D eigenvalue weighted by Gasteiger charge is -2.30. The lowest BCUT2D eigenvalue weighted by Crippen LogP contribution is -2.47. The van der Waals surface area contributed by atoms with Crippen molar-refractivity contribution in [2.24, 2.45) is 5.92 Å². The van der Waals surface area contributed by atoms with Crippen LogP contribution in [0.4, 0.5) is 13.2 Å². The first-order chi connectivity index (χ1) is 13.2. The molecule has 6 nitrogen and oxygen atoms in total. The Bertz CT molecular complexity index is 950. The Morgan fingerprint density at radius 2 is 1.96 bits per heavy atom. The van der Waals surface area contributed by atoms with Crippen molar-refractivity contribution in [3.8, 4) is 0 Å². The van der Waals surface area contributed by atoms with Gasteiger partial charge in [0, 0.05) is 23.0 Å². The van der Waals surface area contributed by atoms with Crippen LogP contribution in [-0.2, 0) is 9.53 Å². The first kappa shape index (κ1) is 19.9. The number of aromatic nitrogens is 1. The summed E-state index contributed by atoms with van der Waals surface area (Å²) in [5.74, 6) is -1.83. The molecule has 9 heteroatoms. The number of aromatic amines is 1. The van der Waals surface area contributed by atoms with E-state index in [-0.39, 0.29) is 11.5 Å². The number of hydrogen-bond acceptors (Lipinski definition) is 4. The Labute approximate surface area is 158 Å². The van der Waals surface area contributed by atoms with Gasteiger partial charge in [0.15, 0.2) is 6.61 Å². The lowest BCUT2D eigenvalue weighted by atomic mass is 10.1. The van der Waals surface area contributed by atoms with E-state index in [1.807, 2.05) is 0 Å². The average Bonchev–Trinajstić information content (AvgIpc) is 3.47. The summed E-state index contributed by atoms with van der Waals surface area (Å²) in [5.41, 5.74) is -0.169. The van der Waals surface area contributed by atoms with Crippen LogP contribution in [0, 0.1) is 5.92 Å². The number of carbonyl (C=O) groups excluding carboxylic acids is 2. The summed E-state index contributed by atoms with van der Waals surface area (Å²) < 4.78 is 43.5. The van der Waals surface area contributed by atoms with E-state index in [2.05, 4.69) is 4.98 Å². The van der Waals surface area contributed by atoms with Crippen molar-refractivity contribution in [2.45, 2.75) is 32.0 Å². The van der Waals surface area contributed by atoms with Gasteiger partial charge in [-0.05, 0) is 31.7 Å². The summed E-state index contributed by atoms with van der Waals surface area (Å²) in [4.78, 5) is 39.7. The van der Waals surface area contributed by atoms with E-state index < -0.39 is 42.8 Å². The van der Waals surface area contributed by atoms with Crippen LogP contribution in [0.1, 0.15) is 30.1 Å². The van der Waals surface area contributed by atoms with Gasteiger partial charge in [0.1, 0.15) is 6.54 Å². The van der Waals surface area contributed by atoms with Gasteiger partial charge in [0.2, 0.25) is 5.56 Å². The minimum Gasteiger partial charge on any atom is -0.452 e. The molecule has 1 fully saturated rings. The molecule has 0 bridgehead atoms. The number of ether oxygens (including phenoxy) is 1. The fourth-order valence-corrected chi connectivity index (χ4v) is 3.15. The topological polar surface area (TPSA) is 79.5 Å². The highest BCUT2D eigenvalue weighted by Crippen LogP contribution is 2.36. The Hall–Kier alpha value is -2.84. The zero-order valence-electron chi connectivity index (χ0n) is 15.1. The van der Waals surface area contributed by atoms with E-state index >= 15 is 0 Å². The van der Waals surface area contributed by atoms with Crippen LogP contribution >= 0.6 is 0 Å². The molecule has 1 atom stereocenters. The van der Waals surface area contributed by atoms with Crippen molar-refractivity contribution in [2.75, 3.05) is 13.2 Å². The van der Waals surface area contributed by atoms with E-state index in [0.29, 0.717) is 15.8 Å². The Kier molecular flexibility index (Phi) is 5.44. The van der Waals surface area contributed by atoms with E-state index in [0.717, 1.165) is 18.9 Å². The second-order valence-electron chi connectivity index (χ2n) is 6.88. The third-order valence-electron chi connectivity index (χ3n) is 4.76. The molecule has 1 aliphatic carbocycles. The summed E-state index contributed by atoms with van der Waals surface area (Å²) in [6.45, 7) is -0.657. The third-order valence-corrected chi connectivity index (χ3v) is 4.76. The molecule has 1 aromatic carbocycles. The fraction of sp³-hybridized carbons (Fsp3) is 0.421. The maximum atomic E-state index is 12.9. The summed E-state index contributed by atoms with van der Waals surface area (Å²) in [5, 5.41) is 0.415. The number of amides is 1. The van der Waals surface area contributed by atoms with Crippen LogP contribution in [0.5, 0.6) is 0 Å². The number of H-pyrrole nitrogens is 1. The predicted octanol–water partition coefficient (Wildman–Crippen LogP) is 2.87. The normalized spacial score (nSPS) is 15.3. The first-order valence-electron chi connectivity index (χ1n) is 8.81. The molecule has 0 radical (unpaired) electrons. The smallest absolute Gasteiger partial charge is 0.406 e. The number of esters is 1. The van der Waals surface area contributed by atoms with Gasteiger partial charge in [-0.2, -0.15) is 13.2 Å². The zero-order chi connectivity index (χ0) is 20.5. The van der Waals surface area contributed by atoms with Crippen molar-refractivity contribution in [1.82, 2.24) is 9.88 Å². The summed E-state index contributed by atoms with van der Waals surface area (Å²) >= 11 is 0. The Morgan fingerprint density at radius 3 is 2.61 bits per heavy atom. The Balaban J connectivity index is 1.74. The molecular formula is C19H19F3N2O4. The number of benzene rings is 1. The Morgan fingerprint density at radius 1 is 1.29 bits per heavy atom. The van der Waals surface area contributed by atoms with Gasteiger partial charge < -0.3 is 14.6 Å². The molecule has 1 aromatic heterocycles. The van der Waals surface area contributed by atoms with Crippen molar-refractivity contribution in [3.05, 3.63) is 46.2 Å². The predicted molar refractivity (Wildman–Crippen MR) is 94.8 cm³/mol. The van der Waals surface area contributed by atoms with Crippen LogP contribution in [0.15, 0.2) is 35.1 Å². The van der Waals surface area contributed by atoms with Gasteiger partial charge in [0.05, 0.1) is 5.56 Å². The highest BCUT2D eigenvalue weighted by atomic mass is 19.4. The summed E-state index contributed by atoms with van der Waals surface area (Å²) in [6, 6.07) is 6.97. The van der Waals surface area contributed by atoms with Gasteiger partial charge >= 0.3 is 12.1 Å². The zero-order valence-corrected chi connectivity index (χ0v) is 15.1. The van der Waals surface area contributed by atoms with Gasteiger partial charge in [-0.15, -0.1) is 0 Å². The van der Waals surface area contributed by atoms with Crippen LogP contribution in [-0.4, -0.2) is 47.1 Å². The molecule has 1 amide bonds. The van der Waals surface area contributed by atoms with Gasteiger partial charge in [0.25, 0.3) is 5.91 Å². The highest BCUT2D eigenvalue weighted by molar-refractivity contribution is 6.03. The molecule has 0 aliphatic heterocycles. The molecule has 2 aromatic rings. The fourth-order valence-electron chi connectivity index (χ4n) is 3.15. The molecule has 0 spiro atoms. The van der Waals surface area contributed by atoms with Crippen molar-refractivity contribution in [1.29, 1.82) is 0 Å². The lowest BCUT2D eigenvalue weighted by molar-refractivity contribution is -0.167. The standard InChI is InChI=1S/C19H19F3N2O4/c1-11(12-6-7-12)24(10-19(20,21)22)17(26)9-28-18(27)14-8-16(25)23-15-5-3-2-4-13(14)15/h2-5,8,11-12H,6-7,9-10H2,1H3,(H,23,25)/t11-/m1/s1. The number of nitrogens with one attached hydrogen (secondary N) is 1. The number of hydrogen-bond donors (Lipinski definition) is 1. The summed E-state index contributed by atoms with van der Waals surface area (Å²) in [6.07, 6.45) is -3.02. The molecule has 1 N–H and O–H groups in total. The molecule has 0 saturated heterocycles. The maximum Gasteiger partial charge on any atom is 0.406 e. The van der Waals surface area contributed by atoms with Crippen LogP contribution in [0.25, 0.3) is 10.9 Å². The summed E-state index contributed by atoms with van der Waals surface area (Å²) in [7, 11) is 0. The maximum absolute atomic E-state index is 12.9. The van der Waals surface area contributed by atoms with Crippen LogP contribution in [0.2, 0.25) is 0 Å². The number of pyridine rings is 1. The van der Waals surface area contributed by atoms with E-state index in [1.54, 1.807) is 31.2 Å². The minimum atomic E-state index is -4.55. The van der Waals surface area contributed by atoms with Crippen molar-refractivity contribution < 1.29 is 27.5 Å². The number of carbonyl (C=O) groups is 2. The van der Waals surface area contributed by atoms with Crippen molar-refractivity contribution in [3.63, 3.8) is 0 Å². The number of alkyl halides is 3. The molecule has 1 saturated carbocycles. The molecular weight excluding hydrogens is 377 g/mol. The molecule has 1 aliphatic rings. The molecule has 1 heterocycles. The van der Waals surface area contributed by atoms with E-state index in [9.17, 15) is 27.6 Å². The van der Waals surface area contributed by atoms with Crippen molar-refractivity contribution >= 4 is 22.8 Å². The first-order valence-corrected chi connectivity index (χ1v) is 8.81. The monoisotopic (exact) mass is 396 g/mol. The SMILES string of the molecule is C[C@H](C1CC1)N(CC(F)(F)F)C(=O)COC(=O)c1cc(=O)[nH]c2ccccc12. The average molecular weight is 396 g/mol. The number of para-hydroxylation sites is 1. The van der Waals surface area contributed by atoms with E-state index in [1.165, 1.54) is 0 Å². The van der Waals surface area contributed by atoms with Gasteiger partial charge in [-0.25, -0.2) is 4.79 Å². The molecule has 28 heavy (non-hydrogen) atoms.